The average Bonchev–Trinajstić information content (AvgIpc) is 1.96. The van der Waals surface area contributed by atoms with Gasteiger partial charge in [-0.3, -0.25) is 14.5 Å². The molecule has 0 unspecified atom stereocenters. The fraction of sp³-hybridized carbons (Fsp3) is 0.556. The number of carbonyl (C=O) groups excluding carboxylic acids is 2. The van der Waals surface area contributed by atoms with Gasteiger partial charge >= 0.3 is 0 Å². The van der Waals surface area contributed by atoms with Gasteiger partial charge in [0.05, 0.1) is 18.7 Å². The first-order chi connectivity index (χ1) is 6.00. The van der Waals surface area contributed by atoms with Crippen LogP contribution >= 0.6 is 0 Å². The number of ketones is 2. The maximum absolute atomic E-state index is 11.4. The second kappa shape index (κ2) is 3.70. The summed E-state index contributed by atoms with van der Waals surface area (Å²) in [5.74, 6) is -0.181. The lowest BCUT2D eigenvalue weighted by atomic mass is 10.0. The van der Waals surface area contributed by atoms with Gasteiger partial charge in [-0.1, -0.05) is 0 Å². The van der Waals surface area contributed by atoms with E-state index in [0.717, 1.165) is 0 Å². The molecule has 72 valence electrons. The zero-order valence-electron chi connectivity index (χ0n) is 8.20. The second-order valence-corrected chi connectivity index (χ2v) is 3.53. The van der Waals surface area contributed by atoms with Crippen LogP contribution in [0.25, 0.3) is 0 Å². The molecule has 4 heteroatoms. The van der Waals surface area contributed by atoms with Crippen molar-refractivity contribution in [3.05, 3.63) is 11.8 Å². The van der Waals surface area contributed by atoms with Gasteiger partial charge in [0.2, 0.25) is 0 Å². The molecular formula is C9H14N2O2. The molecule has 1 rings (SSSR count). The molecule has 1 saturated heterocycles. The van der Waals surface area contributed by atoms with Crippen LogP contribution in [0.5, 0.6) is 0 Å². The number of rotatable bonds is 1. The van der Waals surface area contributed by atoms with Crippen LogP contribution in [0.15, 0.2) is 11.8 Å². The highest BCUT2D eigenvalue weighted by atomic mass is 16.2. The minimum atomic E-state index is -0.0903. The van der Waals surface area contributed by atoms with Gasteiger partial charge in [-0.15, -0.1) is 0 Å². The van der Waals surface area contributed by atoms with E-state index in [1.807, 2.05) is 0 Å². The smallest absolute Gasteiger partial charge is 0.181 e. The molecule has 0 N–H and O–H groups in total. The summed E-state index contributed by atoms with van der Waals surface area (Å²) in [6.45, 7) is 0.677. The van der Waals surface area contributed by atoms with Crippen LogP contribution in [0, 0.1) is 0 Å². The summed E-state index contributed by atoms with van der Waals surface area (Å²) >= 11 is 0. The van der Waals surface area contributed by atoms with Crippen molar-refractivity contribution in [3.63, 3.8) is 0 Å². The Hall–Kier alpha value is -1.16. The van der Waals surface area contributed by atoms with Crippen LogP contribution < -0.4 is 0 Å². The first-order valence-corrected chi connectivity index (χ1v) is 4.14. The van der Waals surface area contributed by atoms with E-state index in [1.54, 1.807) is 37.1 Å². The molecule has 0 aromatic heterocycles. The number of hydrogen-bond acceptors (Lipinski definition) is 4. The summed E-state index contributed by atoms with van der Waals surface area (Å²) < 4.78 is 0. The minimum absolute atomic E-state index is 0.0903. The van der Waals surface area contributed by atoms with E-state index in [0.29, 0.717) is 18.7 Å². The molecule has 0 radical (unpaired) electrons. The Morgan fingerprint density at radius 1 is 1.23 bits per heavy atom. The number of carbonyl (C=O) groups is 2. The van der Waals surface area contributed by atoms with Crippen molar-refractivity contribution >= 4 is 11.6 Å². The molecule has 0 bridgehead atoms. The van der Waals surface area contributed by atoms with Crippen LogP contribution in [0.1, 0.15) is 0 Å². The maximum atomic E-state index is 11.4. The number of hydrogen-bond donors (Lipinski definition) is 0. The van der Waals surface area contributed by atoms with Gasteiger partial charge in [0, 0.05) is 20.3 Å². The quantitative estimate of drug-likeness (QED) is 0.405. The minimum Gasteiger partial charge on any atom is -0.383 e. The van der Waals surface area contributed by atoms with E-state index in [1.165, 1.54) is 0 Å². The lowest BCUT2D eigenvalue weighted by Crippen LogP contribution is -2.40. The molecule has 4 nitrogen and oxygen atoms in total. The molecule has 0 atom stereocenters. The molecule has 0 aromatic rings. The largest absolute Gasteiger partial charge is 0.383 e. The van der Waals surface area contributed by atoms with E-state index in [-0.39, 0.29) is 11.6 Å². The van der Waals surface area contributed by atoms with Crippen LogP contribution in [-0.4, -0.2) is 55.6 Å². The van der Waals surface area contributed by atoms with Crippen LogP contribution in [0.2, 0.25) is 0 Å². The Morgan fingerprint density at radius 3 is 2.08 bits per heavy atom. The van der Waals surface area contributed by atoms with E-state index in [4.69, 9.17) is 0 Å². The second-order valence-electron chi connectivity index (χ2n) is 3.53. The molecule has 0 aromatic carbocycles. The normalized spacial score (nSPS) is 19.2. The Kier molecular flexibility index (Phi) is 2.83. The van der Waals surface area contributed by atoms with Crippen LogP contribution in [0.4, 0.5) is 0 Å². The predicted molar refractivity (Wildman–Crippen MR) is 49.3 cm³/mol. The van der Waals surface area contributed by atoms with E-state index in [2.05, 4.69) is 0 Å². The highest BCUT2D eigenvalue weighted by Crippen LogP contribution is 2.08. The first-order valence-electron chi connectivity index (χ1n) is 4.14. The Labute approximate surface area is 77.8 Å². The van der Waals surface area contributed by atoms with E-state index >= 15 is 0 Å². The molecular weight excluding hydrogens is 168 g/mol. The summed E-state index contributed by atoms with van der Waals surface area (Å²) in [6.07, 6.45) is 1.59. The van der Waals surface area contributed by atoms with Crippen molar-refractivity contribution in [1.82, 2.24) is 9.80 Å². The summed E-state index contributed by atoms with van der Waals surface area (Å²) in [5, 5.41) is 0. The van der Waals surface area contributed by atoms with E-state index < -0.39 is 0 Å². The molecule has 0 aliphatic carbocycles. The molecule has 0 amide bonds. The van der Waals surface area contributed by atoms with Crippen molar-refractivity contribution in [2.75, 3.05) is 34.2 Å². The van der Waals surface area contributed by atoms with Gasteiger partial charge in [-0.2, -0.15) is 0 Å². The van der Waals surface area contributed by atoms with Gasteiger partial charge in [-0.05, 0) is 7.05 Å². The molecule has 1 fully saturated rings. The monoisotopic (exact) mass is 182 g/mol. The van der Waals surface area contributed by atoms with Gasteiger partial charge < -0.3 is 4.90 Å². The lowest BCUT2D eigenvalue weighted by Gasteiger charge is -2.22. The molecule has 0 saturated carbocycles. The maximum Gasteiger partial charge on any atom is 0.181 e. The lowest BCUT2D eigenvalue weighted by molar-refractivity contribution is -0.126. The third kappa shape index (κ3) is 2.39. The zero-order valence-corrected chi connectivity index (χ0v) is 8.20. The van der Waals surface area contributed by atoms with E-state index in [9.17, 15) is 9.59 Å². The van der Waals surface area contributed by atoms with Crippen molar-refractivity contribution in [3.8, 4) is 0 Å². The number of piperidine rings is 1. The topological polar surface area (TPSA) is 40.6 Å². The van der Waals surface area contributed by atoms with Crippen LogP contribution in [-0.2, 0) is 9.59 Å². The van der Waals surface area contributed by atoms with Crippen molar-refractivity contribution in [2.45, 2.75) is 0 Å². The van der Waals surface area contributed by atoms with Gasteiger partial charge in [-0.25, -0.2) is 0 Å². The summed E-state index contributed by atoms with van der Waals surface area (Å²) in [5.41, 5.74) is 0.322. The first kappa shape index (κ1) is 9.92. The highest BCUT2D eigenvalue weighted by molar-refractivity contribution is 6.22. The van der Waals surface area contributed by atoms with Gasteiger partial charge in [0.15, 0.2) is 11.6 Å². The molecule has 13 heavy (non-hydrogen) atoms. The average molecular weight is 182 g/mol. The third-order valence-corrected chi connectivity index (χ3v) is 1.82. The summed E-state index contributed by atoms with van der Waals surface area (Å²) in [6, 6.07) is 0. The molecule has 0 spiro atoms. The molecule has 1 aliphatic heterocycles. The predicted octanol–water partition coefficient (Wildman–Crippen LogP) is -0.484. The number of likely N-dealkylation sites (N-methyl/N-ethyl adjacent to an activating group) is 1. The fourth-order valence-electron chi connectivity index (χ4n) is 1.27. The SMILES string of the molecule is CN(C)C=C1C(=O)CN(C)CC1=O. The number of likely N-dealkylation sites (tertiary alicyclic amines) is 1. The molecule has 1 heterocycles. The fourth-order valence-corrected chi connectivity index (χ4v) is 1.27. The summed E-state index contributed by atoms with van der Waals surface area (Å²) in [7, 11) is 5.36. The van der Waals surface area contributed by atoms with Crippen LogP contribution in [0.3, 0.4) is 0 Å². The Morgan fingerprint density at radius 2 is 1.69 bits per heavy atom. The van der Waals surface area contributed by atoms with Crippen molar-refractivity contribution in [1.29, 1.82) is 0 Å². The van der Waals surface area contributed by atoms with Crippen molar-refractivity contribution in [2.24, 2.45) is 0 Å². The van der Waals surface area contributed by atoms with Gasteiger partial charge in [0.25, 0.3) is 0 Å². The third-order valence-electron chi connectivity index (χ3n) is 1.82. The zero-order chi connectivity index (χ0) is 10.0. The number of Topliss-reactive ketones (excluding diaryl/α,β-unsaturated/α-hetero) is 2. The Balaban J connectivity index is 2.85. The highest BCUT2D eigenvalue weighted by Gasteiger charge is 2.26. The Bertz CT molecular complexity index is 249. The number of nitrogens with zero attached hydrogens (tertiary/aromatic N) is 2. The van der Waals surface area contributed by atoms with Gasteiger partial charge in [0.1, 0.15) is 0 Å². The van der Waals surface area contributed by atoms with Crippen molar-refractivity contribution < 1.29 is 9.59 Å². The standard InChI is InChI=1S/C9H14N2O2/c1-10(2)4-7-8(12)5-11(3)6-9(7)13/h4H,5-6H2,1-3H3. The summed E-state index contributed by atoms with van der Waals surface area (Å²) in [4.78, 5) is 26.2. The molecule has 1 aliphatic rings.